The average molecular weight is 252 g/mol. The van der Waals surface area contributed by atoms with E-state index < -0.39 is 24.3 Å². The van der Waals surface area contributed by atoms with Gasteiger partial charge in [0, 0.05) is 19.9 Å². The number of ether oxygens (including phenoxy) is 2. The van der Waals surface area contributed by atoms with E-state index in [-0.39, 0.29) is 17.1 Å². The van der Waals surface area contributed by atoms with Gasteiger partial charge in [-0.1, -0.05) is 0 Å². The molecule has 6 heteroatoms. The van der Waals surface area contributed by atoms with E-state index in [2.05, 4.69) is 4.74 Å². The van der Waals surface area contributed by atoms with Crippen LogP contribution >= 0.6 is 0 Å². The Morgan fingerprint density at radius 1 is 1.17 bits per heavy atom. The smallest absolute Gasteiger partial charge is 0.308 e. The van der Waals surface area contributed by atoms with Crippen molar-refractivity contribution in [3.63, 3.8) is 0 Å². The topological polar surface area (TPSA) is 89.9 Å². The second kappa shape index (κ2) is 5.81. The van der Waals surface area contributed by atoms with Gasteiger partial charge in [0.25, 0.3) is 0 Å². The number of carbonyl (C=O) groups excluding carboxylic acids is 3. The van der Waals surface area contributed by atoms with Crippen LogP contribution in [0.5, 0.6) is 11.5 Å². The number of hydrogen-bond acceptors (Lipinski definition) is 6. The average Bonchev–Trinajstić information content (AvgIpc) is 2.25. The molecule has 0 heterocycles. The van der Waals surface area contributed by atoms with Crippen LogP contribution in [0.15, 0.2) is 18.2 Å². The fourth-order valence-corrected chi connectivity index (χ4v) is 1.22. The van der Waals surface area contributed by atoms with Crippen LogP contribution in [0.25, 0.3) is 0 Å². The van der Waals surface area contributed by atoms with Gasteiger partial charge >= 0.3 is 11.9 Å². The molecule has 0 bridgehead atoms. The molecule has 0 saturated heterocycles. The molecule has 0 spiro atoms. The van der Waals surface area contributed by atoms with Crippen molar-refractivity contribution in [2.24, 2.45) is 0 Å². The maximum Gasteiger partial charge on any atom is 0.308 e. The third-order valence-electron chi connectivity index (χ3n) is 1.94. The predicted molar refractivity (Wildman–Crippen MR) is 60.4 cm³/mol. The molecule has 0 amide bonds. The highest BCUT2D eigenvalue weighted by molar-refractivity contribution is 6.00. The lowest BCUT2D eigenvalue weighted by molar-refractivity contribution is -0.139. The molecule has 0 atom stereocenters. The van der Waals surface area contributed by atoms with E-state index >= 15 is 0 Å². The number of Topliss-reactive ketones (excluding diaryl/α,β-unsaturated/α-hetero) is 1. The van der Waals surface area contributed by atoms with E-state index in [4.69, 9.17) is 4.74 Å². The van der Waals surface area contributed by atoms with Gasteiger partial charge in [0.05, 0.1) is 5.56 Å². The second-order valence-electron chi connectivity index (χ2n) is 3.48. The summed E-state index contributed by atoms with van der Waals surface area (Å²) in [6, 6.07) is 3.80. The quantitative estimate of drug-likeness (QED) is 0.489. The van der Waals surface area contributed by atoms with Crippen LogP contribution in [-0.4, -0.2) is 29.4 Å². The van der Waals surface area contributed by atoms with Gasteiger partial charge in [-0.15, -0.1) is 0 Å². The van der Waals surface area contributed by atoms with Gasteiger partial charge in [0.1, 0.15) is 11.5 Å². The lowest BCUT2D eigenvalue weighted by Gasteiger charge is -2.06. The molecule has 1 N–H and O–H groups in total. The largest absolute Gasteiger partial charge is 0.507 e. The number of carbonyl (C=O) groups is 3. The Balaban J connectivity index is 2.81. The molecule has 0 unspecified atom stereocenters. The molecular weight excluding hydrogens is 240 g/mol. The van der Waals surface area contributed by atoms with Crippen LogP contribution in [-0.2, 0) is 14.3 Å². The summed E-state index contributed by atoms with van der Waals surface area (Å²) in [5.74, 6) is -1.88. The van der Waals surface area contributed by atoms with Crippen molar-refractivity contribution in [1.29, 1.82) is 0 Å². The predicted octanol–water partition coefficient (Wildman–Crippen LogP) is 1.06. The van der Waals surface area contributed by atoms with Crippen LogP contribution in [0, 0.1) is 0 Å². The number of benzene rings is 1. The summed E-state index contributed by atoms with van der Waals surface area (Å²) in [5, 5.41) is 9.59. The minimum Gasteiger partial charge on any atom is -0.507 e. The molecule has 1 aromatic rings. The summed E-state index contributed by atoms with van der Waals surface area (Å²) in [6.07, 6.45) is 0. The van der Waals surface area contributed by atoms with Crippen molar-refractivity contribution < 1.29 is 29.0 Å². The number of rotatable bonds is 4. The molecular formula is C12H12O6. The molecule has 0 aromatic heterocycles. The molecule has 18 heavy (non-hydrogen) atoms. The Morgan fingerprint density at radius 2 is 1.83 bits per heavy atom. The van der Waals surface area contributed by atoms with Crippen LogP contribution in [0.1, 0.15) is 24.2 Å². The minimum absolute atomic E-state index is 0.00727. The first-order chi connectivity index (χ1) is 8.40. The van der Waals surface area contributed by atoms with Crippen molar-refractivity contribution in [2.75, 3.05) is 6.61 Å². The first-order valence-electron chi connectivity index (χ1n) is 5.08. The monoisotopic (exact) mass is 252 g/mol. The Morgan fingerprint density at radius 3 is 2.33 bits per heavy atom. The number of ketones is 1. The molecule has 0 aliphatic rings. The molecule has 0 aliphatic heterocycles. The summed E-state index contributed by atoms with van der Waals surface area (Å²) < 4.78 is 9.26. The number of esters is 2. The molecule has 0 aliphatic carbocycles. The van der Waals surface area contributed by atoms with Crippen molar-refractivity contribution in [3.05, 3.63) is 23.8 Å². The van der Waals surface area contributed by atoms with Gasteiger partial charge in [0.2, 0.25) is 5.78 Å². The Hall–Kier alpha value is -2.37. The highest BCUT2D eigenvalue weighted by Crippen LogP contribution is 2.24. The standard InChI is InChI=1S/C12H12O6/c1-7(13)17-6-12(16)10-4-3-9(5-11(10)15)18-8(2)14/h3-5,15H,6H2,1-2H3. The molecule has 0 saturated carbocycles. The van der Waals surface area contributed by atoms with Crippen LogP contribution in [0.2, 0.25) is 0 Å². The third kappa shape index (κ3) is 3.89. The Labute approximate surface area is 103 Å². The molecule has 1 aromatic carbocycles. The fourth-order valence-electron chi connectivity index (χ4n) is 1.22. The zero-order valence-electron chi connectivity index (χ0n) is 9.93. The van der Waals surface area contributed by atoms with Crippen molar-refractivity contribution in [3.8, 4) is 11.5 Å². The zero-order valence-corrected chi connectivity index (χ0v) is 9.93. The van der Waals surface area contributed by atoms with Crippen LogP contribution < -0.4 is 4.74 Å². The third-order valence-corrected chi connectivity index (χ3v) is 1.94. The lowest BCUT2D eigenvalue weighted by Crippen LogP contribution is -2.12. The highest BCUT2D eigenvalue weighted by Gasteiger charge is 2.13. The van der Waals surface area contributed by atoms with Gasteiger partial charge in [-0.2, -0.15) is 0 Å². The van der Waals surface area contributed by atoms with E-state index in [9.17, 15) is 19.5 Å². The van der Waals surface area contributed by atoms with E-state index in [1.807, 2.05) is 0 Å². The van der Waals surface area contributed by atoms with Crippen molar-refractivity contribution in [1.82, 2.24) is 0 Å². The maximum absolute atomic E-state index is 11.6. The first kappa shape index (κ1) is 13.7. The summed E-state index contributed by atoms with van der Waals surface area (Å²) in [4.78, 5) is 32.8. The minimum atomic E-state index is -0.584. The summed E-state index contributed by atoms with van der Waals surface area (Å²) >= 11 is 0. The molecule has 0 radical (unpaired) electrons. The van der Waals surface area contributed by atoms with E-state index in [1.54, 1.807) is 0 Å². The van der Waals surface area contributed by atoms with Crippen molar-refractivity contribution in [2.45, 2.75) is 13.8 Å². The molecule has 1 rings (SSSR count). The first-order valence-corrected chi connectivity index (χ1v) is 5.08. The second-order valence-corrected chi connectivity index (χ2v) is 3.48. The lowest BCUT2D eigenvalue weighted by atomic mass is 10.1. The zero-order chi connectivity index (χ0) is 13.7. The Bertz CT molecular complexity index is 491. The SMILES string of the molecule is CC(=O)OCC(=O)c1ccc(OC(C)=O)cc1O. The van der Waals surface area contributed by atoms with Gasteiger partial charge in [-0.25, -0.2) is 0 Å². The van der Waals surface area contributed by atoms with E-state index in [0.29, 0.717) is 0 Å². The summed E-state index contributed by atoms with van der Waals surface area (Å²) in [5.41, 5.74) is -0.00727. The summed E-state index contributed by atoms with van der Waals surface area (Å²) in [7, 11) is 0. The maximum atomic E-state index is 11.6. The number of phenols is 1. The molecule has 6 nitrogen and oxygen atoms in total. The molecule has 0 fully saturated rings. The number of aromatic hydroxyl groups is 1. The van der Waals surface area contributed by atoms with Crippen molar-refractivity contribution >= 4 is 17.7 Å². The summed E-state index contributed by atoms with van der Waals surface area (Å²) in [6.45, 7) is 1.95. The Kier molecular flexibility index (Phi) is 4.42. The van der Waals surface area contributed by atoms with Gasteiger partial charge in [0.15, 0.2) is 6.61 Å². The number of phenolic OH excluding ortho intramolecular Hbond substituents is 1. The van der Waals surface area contributed by atoms with Gasteiger partial charge < -0.3 is 14.6 Å². The van der Waals surface area contributed by atoms with E-state index in [1.165, 1.54) is 26.0 Å². The van der Waals surface area contributed by atoms with Gasteiger partial charge in [-0.05, 0) is 12.1 Å². The molecule has 96 valence electrons. The fraction of sp³-hybridized carbons (Fsp3) is 0.250. The van der Waals surface area contributed by atoms with Gasteiger partial charge in [-0.3, -0.25) is 14.4 Å². The van der Waals surface area contributed by atoms with E-state index in [0.717, 1.165) is 6.07 Å². The van der Waals surface area contributed by atoms with Crippen LogP contribution in [0.4, 0.5) is 0 Å². The number of hydrogen-bond donors (Lipinski definition) is 1. The highest BCUT2D eigenvalue weighted by atomic mass is 16.5. The normalized spacial score (nSPS) is 9.67. The van der Waals surface area contributed by atoms with Crippen LogP contribution in [0.3, 0.4) is 0 Å².